The van der Waals surface area contributed by atoms with Crippen LogP contribution in [0.1, 0.15) is 22.3 Å². The van der Waals surface area contributed by atoms with Gasteiger partial charge in [0, 0.05) is 26.0 Å². The summed E-state index contributed by atoms with van der Waals surface area (Å²) in [5.74, 6) is 0. The summed E-state index contributed by atoms with van der Waals surface area (Å²) in [7, 11) is 0. The number of nitrogens with zero attached hydrogens (tertiary/aromatic N) is 1. The summed E-state index contributed by atoms with van der Waals surface area (Å²) < 4.78 is 3.68. The lowest BCUT2D eigenvalue weighted by Gasteiger charge is -2.30. The Morgan fingerprint density at radius 1 is 0.459 bits per heavy atom. The Hall–Kier alpha value is -4.14. The number of hydrogen-bond acceptors (Lipinski definition) is 0. The molecule has 2 aromatic heterocycles. The van der Waals surface area contributed by atoms with Crippen LogP contribution in [0.3, 0.4) is 0 Å². The molecule has 170 valence electrons. The van der Waals surface area contributed by atoms with Gasteiger partial charge in [0.1, 0.15) is 0 Å². The van der Waals surface area contributed by atoms with E-state index in [1.54, 1.807) is 0 Å². The largest absolute Gasteiger partial charge is 0.308 e. The summed E-state index contributed by atoms with van der Waals surface area (Å²) >= 11 is 3.89. The van der Waals surface area contributed by atoms with Crippen molar-refractivity contribution in [3.8, 4) is 11.1 Å². The molecular weight excluding hydrogens is 514 g/mol. The Kier molecular flexibility index (Phi) is 3.11. The molecule has 0 N–H and O–H groups in total. The number of aromatic nitrogens is 1. The predicted molar refractivity (Wildman–Crippen MR) is 157 cm³/mol. The van der Waals surface area contributed by atoms with Gasteiger partial charge in [-0.05, 0) is 62.4 Å². The predicted octanol–water partition coefficient (Wildman–Crippen LogP) is 9.43. The van der Waals surface area contributed by atoms with Gasteiger partial charge < -0.3 is 4.40 Å². The number of pyridine rings is 1. The molecule has 1 spiro atoms. The summed E-state index contributed by atoms with van der Waals surface area (Å²) in [6.07, 6.45) is 0. The lowest BCUT2D eigenvalue weighted by atomic mass is 9.70. The molecule has 1 nitrogen and oxygen atoms in total. The van der Waals surface area contributed by atoms with E-state index in [2.05, 4.69) is 130 Å². The number of benzene rings is 6. The first-order valence-corrected chi connectivity index (χ1v) is 13.6. The Morgan fingerprint density at radius 2 is 1.11 bits per heavy atom. The zero-order chi connectivity index (χ0) is 24.0. The Morgan fingerprint density at radius 3 is 1.89 bits per heavy atom. The quantitative estimate of drug-likeness (QED) is 0.135. The highest BCUT2D eigenvalue weighted by atomic mass is 79.9. The van der Waals surface area contributed by atoms with Gasteiger partial charge in [0.05, 0.1) is 22.0 Å². The zero-order valence-electron chi connectivity index (χ0n) is 19.7. The van der Waals surface area contributed by atoms with Crippen LogP contribution in [-0.2, 0) is 5.41 Å². The van der Waals surface area contributed by atoms with Gasteiger partial charge >= 0.3 is 0 Å². The maximum absolute atomic E-state index is 3.89. The lowest BCUT2D eigenvalue weighted by Crippen LogP contribution is -2.26. The summed E-state index contributed by atoms with van der Waals surface area (Å²) in [6.45, 7) is 0. The van der Waals surface area contributed by atoms with Gasteiger partial charge in [-0.3, -0.25) is 0 Å². The molecule has 2 aliphatic carbocycles. The van der Waals surface area contributed by atoms with Gasteiger partial charge in [-0.2, -0.15) is 0 Å². The standard InChI is InChI=1S/C35H18BrN/c36-28-17-18-30-31-23(28)14-16-26-32(31)33-27(15-13-22-21-9-3-6-12-29(21)37(30)34(22)33)35(26)24-10-4-1-7-19(24)20-8-2-5-11-25(20)35/h1-18H. The van der Waals surface area contributed by atoms with Crippen molar-refractivity contribution < 1.29 is 0 Å². The molecular formula is C35H18BrN. The van der Waals surface area contributed by atoms with Crippen LogP contribution >= 0.6 is 15.9 Å². The second-order valence-corrected chi connectivity index (χ2v) is 11.4. The molecule has 0 aliphatic heterocycles. The average Bonchev–Trinajstić information content (AvgIpc) is 3.55. The third-order valence-electron chi connectivity index (χ3n) is 9.19. The van der Waals surface area contributed by atoms with Crippen molar-refractivity contribution >= 4 is 64.8 Å². The third kappa shape index (κ3) is 1.85. The fourth-order valence-electron chi connectivity index (χ4n) is 7.99. The van der Waals surface area contributed by atoms with Gasteiger partial charge in [-0.15, -0.1) is 0 Å². The second-order valence-electron chi connectivity index (χ2n) is 10.6. The molecule has 37 heavy (non-hydrogen) atoms. The van der Waals surface area contributed by atoms with Crippen molar-refractivity contribution in [1.82, 2.24) is 4.40 Å². The van der Waals surface area contributed by atoms with Gasteiger partial charge in [0.25, 0.3) is 0 Å². The van der Waals surface area contributed by atoms with E-state index in [4.69, 9.17) is 0 Å². The lowest BCUT2D eigenvalue weighted by molar-refractivity contribution is 0.797. The summed E-state index contributed by atoms with van der Waals surface area (Å²) in [5.41, 5.74) is 11.9. The van der Waals surface area contributed by atoms with Crippen LogP contribution in [0.5, 0.6) is 0 Å². The number of halogens is 1. The van der Waals surface area contributed by atoms with E-state index < -0.39 is 0 Å². The topological polar surface area (TPSA) is 4.41 Å². The zero-order valence-corrected chi connectivity index (χ0v) is 21.3. The molecule has 0 fully saturated rings. The van der Waals surface area contributed by atoms with Gasteiger partial charge in [-0.1, -0.05) is 107 Å². The van der Waals surface area contributed by atoms with Crippen molar-refractivity contribution in [1.29, 1.82) is 0 Å². The van der Waals surface area contributed by atoms with Crippen LogP contribution in [0.25, 0.3) is 60.0 Å². The van der Waals surface area contributed by atoms with Crippen molar-refractivity contribution in [2.24, 2.45) is 0 Å². The molecule has 0 atom stereocenters. The summed E-state index contributed by atoms with van der Waals surface area (Å²) in [4.78, 5) is 0. The van der Waals surface area contributed by atoms with Crippen molar-refractivity contribution in [2.45, 2.75) is 5.41 Å². The number of rotatable bonds is 0. The van der Waals surface area contributed by atoms with E-state index in [0.29, 0.717) is 0 Å². The normalized spacial score (nSPS) is 14.8. The molecule has 0 unspecified atom stereocenters. The van der Waals surface area contributed by atoms with Crippen molar-refractivity contribution in [3.05, 3.63) is 136 Å². The second kappa shape index (κ2) is 6.04. The SMILES string of the molecule is Brc1ccc2c3c1ccc1c3c3c(ccc4c5ccccc5n2c43)C12c1ccccc1-c1ccccc12. The summed E-state index contributed by atoms with van der Waals surface area (Å²) in [5, 5.41) is 8.11. The maximum atomic E-state index is 3.89. The van der Waals surface area contributed by atoms with E-state index >= 15 is 0 Å². The minimum atomic E-state index is -0.314. The first kappa shape index (κ1) is 19.0. The first-order chi connectivity index (χ1) is 18.3. The number of hydrogen-bond donors (Lipinski definition) is 0. The fraction of sp³-hybridized carbons (Fsp3) is 0.0286. The highest BCUT2D eigenvalue weighted by molar-refractivity contribution is 9.10. The monoisotopic (exact) mass is 531 g/mol. The highest BCUT2D eigenvalue weighted by Gasteiger charge is 2.51. The van der Waals surface area contributed by atoms with E-state index in [0.717, 1.165) is 4.47 Å². The van der Waals surface area contributed by atoms with E-state index in [1.165, 1.54) is 82.2 Å². The van der Waals surface area contributed by atoms with Crippen molar-refractivity contribution in [2.75, 3.05) is 0 Å². The molecule has 2 heteroatoms. The number of fused-ring (bicyclic) bond motifs is 11. The van der Waals surface area contributed by atoms with E-state index in [1.807, 2.05) is 0 Å². The van der Waals surface area contributed by atoms with E-state index in [-0.39, 0.29) is 5.41 Å². The average molecular weight is 532 g/mol. The van der Waals surface area contributed by atoms with E-state index in [9.17, 15) is 0 Å². The van der Waals surface area contributed by atoms with Crippen LogP contribution in [0, 0.1) is 0 Å². The number of para-hydroxylation sites is 1. The minimum absolute atomic E-state index is 0.314. The Bertz CT molecular complexity index is 2270. The minimum Gasteiger partial charge on any atom is -0.308 e. The highest BCUT2D eigenvalue weighted by Crippen LogP contribution is 2.63. The van der Waals surface area contributed by atoms with Gasteiger partial charge in [0.2, 0.25) is 0 Å². The first-order valence-electron chi connectivity index (χ1n) is 12.8. The molecule has 6 aromatic carbocycles. The van der Waals surface area contributed by atoms with Crippen LogP contribution < -0.4 is 0 Å². The van der Waals surface area contributed by atoms with Crippen LogP contribution in [-0.4, -0.2) is 4.40 Å². The third-order valence-corrected chi connectivity index (χ3v) is 9.89. The molecule has 0 bridgehead atoms. The van der Waals surface area contributed by atoms with Crippen LogP contribution in [0.15, 0.2) is 114 Å². The Labute approximate surface area is 221 Å². The molecule has 0 saturated heterocycles. The molecule has 10 rings (SSSR count). The smallest absolute Gasteiger partial charge is 0.0726 e. The van der Waals surface area contributed by atoms with Crippen LogP contribution in [0.2, 0.25) is 0 Å². The molecule has 0 saturated carbocycles. The molecule has 0 amide bonds. The Balaban J connectivity index is 1.58. The van der Waals surface area contributed by atoms with Gasteiger partial charge in [0.15, 0.2) is 0 Å². The maximum Gasteiger partial charge on any atom is 0.0726 e. The molecule has 8 aromatic rings. The molecule has 2 heterocycles. The summed E-state index contributed by atoms with van der Waals surface area (Å²) in [6, 6.07) is 41.1. The van der Waals surface area contributed by atoms with Crippen LogP contribution in [0.4, 0.5) is 0 Å². The molecule has 0 radical (unpaired) electrons. The fourth-order valence-corrected chi connectivity index (χ4v) is 8.45. The molecule has 2 aliphatic rings. The van der Waals surface area contributed by atoms with Gasteiger partial charge in [-0.25, -0.2) is 0 Å². The van der Waals surface area contributed by atoms with Crippen molar-refractivity contribution in [3.63, 3.8) is 0 Å².